The fourth-order valence-electron chi connectivity index (χ4n) is 4.00. The molecule has 1 atom stereocenters. The Kier molecular flexibility index (Phi) is 6.90. The van der Waals surface area contributed by atoms with Crippen LogP contribution in [0.5, 0.6) is 0 Å². The first-order valence-electron chi connectivity index (χ1n) is 10.8. The molecule has 0 aliphatic carbocycles. The van der Waals surface area contributed by atoms with Crippen LogP contribution in [-0.2, 0) is 19.4 Å². The highest BCUT2D eigenvalue weighted by Crippen LogP contribution is 2.31. The number of rotatable bonds is 6. The molecule has 31 heavy (non-hydrogen) atoms. The predicted molar refractivity (Wildman–Crippen MR) is 128 cm³/mol. The molecule has 4 rings (SSSR count). The number of fused-ring (bicyclic) bond motifs is 1. The van der Waals surface area contributed by atoms with Gasteiger partial charge in [0.15, 0.2) is 0 Å². The molecular weight excluding hydrogens is 406 g/mol. The van der Waals surface area contributed by atoms with E-state index in [0.717, 1.165) is 47.8 Å². The molecule has 3 aromatic rings. The highest BCUT2D eigenvalue weighted by Gasteiger charge is 2.15. The van der Waals surface area contributed by atoms with Gasteiger partial charge in [0.1, 0.15) is 0 Å². The van der Waals surface area contributed by atoms with Crippen LogP contribution in [0.25, 0.3) is 0 Å². The lowest BCUT2D eigenvalue weighted by molar-refractivity contribution is 0.0940. The summed E-state index contributed by atoms with van der Waals surface area (Å²) in [6.45, 7) is 4.62. The van der Waals surface area contributed by atoms with Gasteiger partial charge < -0.3 is 16.0 Å². The van der Waals surface area contributed by atoms with Gasteiger partial charge in [-0.2, -0.15) is 0 Å². The molecule has 0 saturated carbocycles. The number of benzene rings is 3. The summed E-state index contributed by atoms with van der Waals surface area (Å²) < 4.78 is 0. The lowest BCUT2D eigenvalue weighted by Gasteiger charge is -2.17. The van der Waals surface area contributed by atoms with Gasteiger partial charge in [-0.3, -0.25) is 4.79 Å². The molecule has 0 fully saturated rings. The molecule has 1 aliphatic heterocycles. The van der Waals surface area contributed by atoms with Crippen molar-refractivity contribution < 1.29 is 4.79 Å². The zero-order chi connectivity index (χ0) is 21.6. The maximum Gasteiger partial charge on any atom is 0.251 e. The molecule has 0 aromatic heterocycles. The molecule has 0 spiro atoms. The number of halogens is 1. The molecule has 1 amide bonds. The second kappa shape index (κ2) is 9.99. The van der Waals surface area contributed by atoms with E-state index in [1.807, 2.05) is 67.6 Å². The van der Waals surface area contributed by atoms with E-state index in [1.54, 1.807) is 0 Å². The fourth-order valence-corrected chi connectivity index (χ4v) is 4.25. The zero-order valence-electron chi connectivity index (χ0n) is 17.7. The van der Waals surface area contributed by atoms with Crippen molar-refractivity contribution in [2.24, 2.45) is 0 Å². The molecule has 0 unspecified atom stereocenters. The van der Waals surface area contributed by atoms with Crippen LogP contribution in [0.1, 0.15) is 45.6 Å². The normalized spacial score (nSPS) is 14.3. The van der Waals surface area contributed by atoms with E-state index in [0.29, 0.717) is 12.1 Å². The van der Waals surface area contributed by atoms with E-state index >= 15 is 0 Å². The summed E-state index contributed by atoms with van der Waals surface area (Å²) in [5.41, 5.74) is 6.55. The number of hydrogen-bond acceptors (Lipinski definition) is 3. The Hall–Kier alpha value is -2.82. The summed E-state index contributed by atoms with van der Waals surface area (Å²) in [5, 5.41) is 10.8. The van der Waals surface area contributed by atoms with Gasteiger partial charge in [-0.1, -0.05) is 60.1 Å². The largest absolute Gasteiger partial charge is 0.380 e. The SMILES string of the molecule is C[C@H](NC(=O)c1ccc(CNc2c(Cl)ccc3c2CCNCC3)cc1)c1ccccc1. The average molecular weight is 434 g/mol. The van der Waals surface area contributed by atoms with Crippen LogP contribution in [0.3, 0.4) is 0 Å². The van der Waals surface area contributed by atoms with Gasteiger partial charge in [0.05, 0.1) is 16.8 Å². The van der Waals surface area contributed by atoms with Crippen LogP contribution in [0.15, 0.2) is 66.7 Å². The van der Waals surface area contributed by atoms with Gasteiger partial charge in [-0.15, -0.1) is 0 Å². The van der Waals surface area contributed by atoms with E-state index in [-0.39, 0.29) is 11.9 Å². The summed E-state index contributed by atoms with van der Waals surface area (Å²) in [6.07, 6.45) is 1.99. The van der Waals surface area contributed by atoms with Crippen LogP contribution in [-0.4, -0.2) is 19.0 Å². The van der Waals surface area contributed by atoms with E-state index in [2.05, 4.69) is 22.0 Å². The van der Waals surface area contributed by atoms with Gasteiger partial charge in [-0.05, 0) is 73.3 Å². The smallest absolute Gasteiger partial charge is 0.251 e. The van der Waals surface area contributed by atoms with Crippen molar-refractivity contribution in [3.63, 3.8) is 0 Å². The van der Waals surface area contributed by atoms with Crippen molar-refractivity contribution >= 4 is 23.2 Å². The van der Waals surface area contributed by atoms with Crippen molar-refractivity contribution in [2.75, 3.05) is 18.4 Å². The number of hydrogen-bond donors (Lipinski definition) is 3. The minimum Gasteiger partial charge on any atom is -0.380 e. The van der Waals surface area contributed by atoms with E-state index in [4.69, 9.17) is 11.6 Å². The Balaban J connectivity index is 1.40. The second-order valence-electron chi connectivity index (χ2n) is 7.97. The van der Waals surface area contributed by atoms with E-state index in [1.165, 1.54) is 11.1 Å². The topological polar surface area (TPSA) is 53.2 Å². The third-order valence-electron chi connectivity index (χ3n) is 5.81. The zero-order valence-corrected chi connectivity index (χ0v) is 18.5. The Morgan fingerprint density at radius 2 is 1.74 bits per heavy atom. The molecule has 5 heteroatoms. The molecule has 160 valence electrons. The van der Waals surface area contributed by atoms with Crippen LogP contribution in [0, 0.1) is 0 Å². The van der Waals surface area contributed by atoms with Crippen molar-refractivity contribution in [3.05, 3.63) is 99.6 Å². The monoisotopic (exact) mass is 433 g/mol. The minimum absolute atomic E-state index is 0.0417. The maximum atomic E-state index is 12.6. The minimum atomic E-state index is -0.0696. The summed E-state index contributed by atoms with van der Waals surface area (Å²) in [7, 11) is 0. The molecular formula is C26H28ClN3O. The summed E-state index contributed by atoms with van der Waals surface area (Å²) in [4.78, 5) is 12.6. The van der Waals surface area contributed by atoms with Gasteiger partial charge in [0.2, 0.25) is 0 Å². The quantitative estimate of drug-likeness (QED) is 0.505. The number of amides is 1. The summed E-state index contributed by atoms with van der Waals surface area (Å²) in [5.74, 6) is -0.0696. The van der Waals surface area contributed by atoms with Crippen molar-refractivity contribution in [1.82, 2.24) is 10.6 Å². The third-order valence-corrected chi connectivity index (χ3v) is 6.13. The molecule has 0 bridgehead atoms. The lowest BCUT2D eigenvalue weighted by Crippen LogP contribution is -2.26. The molecule has 0 saturated heterocycles. The first kappa shape index (κ1) is 21.4. The number of carbonyl (C=O) groups excluding carboxylic acids is 1. The third kappa shape index (κ3) is 5.27. The number of nitrogens with one attached hydrogen (secondary N) is 3. The highest BCUT2D eigenvalue weighted by atomic mass is 35.5. The maximum absolute atomic E-state index is 12.6. The van der Waals surface area contributed by atoms with E-state index < -0.39 is 0 Å². The molecule has 4 nitrogen and oxygen atoms in total. The van der Waals surface area contributed by atoms with E-state index in [9.17, 15) is 4.79 Å². The van der Waals surface area contributed by atoms with Crippen molar-refractivity contribution in [3.8, 4) is 0 Å². The first-order chi connectivity index (χ1) is 15.1. The highest BCUT2D eigenvalue weighted by molar-refractivity contribution is 6.33. The standard InChI is InChI=1S/C26H28ClN3O/c1-18(20-5-3-2-4-6-20)30-26(31)22-9-7-19(8-10-22)17-29-25-23-14-16-28-15-13-21(23)11-12-24(25)27/h2-12,18,28-29H,13-17H2,1H3,(H,30,31)/t18-/m0/s1. The lowest BCUT2D eigenvalue weighted by atomic mass is 10.0. The van der Waals surface area contributed by atoms with Gasteiger partial charge in [0.25, 0.3) is 5.91 Å². The molecule has 1 heterocycles. The summed E-state index contributed by atoms with van der Waals surface area (Å²) >= 11 is 6.51. The summed E-state index contributed by atoms with van der Waals surface area (Å²) in [6, 6.07) is 21.8. The fraction of sp³-hybridized carbons (Fsp3) is 0.269. The second-order valence-corrected chi connectivity index (χ2v) is 8.37. The Morgan fingerprint density at radius 1 is 1.00 bits per heavy atom. The van der Waals surface area contributed by atoms with Crippen LogP contribution in [0.4, 0.5) is 5.69 Å². The molecule has 3 N–H and O–H groups in total. The first-order valence-corrected chi connectivity index (χ1v) is 11.2. The van der Waals surface area contributed by atoms with Crippen LogP contribution >= 0.6 is 11.6 Å². The van der Waals surface area contributed by atoms with Crippen molar-refractivity contribution in [1.29, 1.82) is 0 Å². The van der Waals surface area contributed by atoms with Crippen LogP contribution in [0.2, 0.25) is 5.02 Å². The Labute approximate surface area is 189 Å². The van der Waals surface area contributed by atoms with Gasteiger partial charge >= 0.3 is 0 Å². The van der Waals surface area contributed by atoms with Crippen molar-refractivity contribution in [2.45, 2.75) is 32.4 Å². The predicted octanol–water partition coefficient (Wildman–Crippen LogP) is 5.13. The van der Waals surface area contributed by atoms with Crippen LogP contribution < -0.4 is 16.0 Å². The van der Waals surface area contributed by atoms with Gasteiger partial charge in [-0.25, -0.2) is 0 Å². The Bertz CT molecular complexity index is 1030. The average Bonchev–Trinajstić information content (AvgIpc) is 3.05. The molecule has 3 aromatic carbocycles. The molecule has 0 radical (unpaired) electrons. The Morgan fingerprint density at radius 3 is 2.52 bits per heavy atom. The number of anilines is 1. The number of carbonyl (C=O) groups is 1. The van der Waals surface area contributed by atoms with Gasteiger partial charge in [0, 0.05) is 12.1 Å². The molecule has 1 aliphatic rings.